The van der Waals surface area contributed by atoms with E-state index in [1.807, 2.05) is 50.2 Å². The molecular weight excluding hydrogens is 324 g/mol. The number of rotatable bonds is 7. The van der Waals surface area contributed by atoms with Crippen molar-refractivity contribution in [3.05, 3.63) is 64.2 Å². The molecule has 2 aromatic rings. The standard InChI is InChI=1S/C19H21ClN2O2/c1-14-5-7-16(8-6-14)13-21-22-19(23)4-3-11-24-18-10-9-17(20)12-15(18)2/h5-10,12-13H,3-4,11H2,1-2H3,(H,22,23)/b21-13+. The van der Waals surface area contributed by atoms with Gasteiger partial charge in [0.2, 0.25) is 5.91 Å². The SMILES string of the molecule is Cc1ccc(/C=N/NC(=O)CCCOc2ccc(Cl)cc2C)cc1. The minimum absolute atomic E-state index is 0.130. The highest BCUT2D eigenvalue weighted by Gasteiger charge is 2.02. The van der Waals surface area contributed by atoms with Crippen molar-refractivity contribution >= 4 is 23.7 Å². The Labute approximate surface area is 147 Å². The van der Waals surface area contributed by atoms with Gasteiger partial charge in [-0.3, -0.25) is 4.79 Å². The van der Waals surface area contributed by atoms with E-state index in [-0.39, 0.29) is 5.91 Å². The Hall–Kier alpha value is -2.33. The molecule has 1 amide bonds. The second-order valence-electron chi connectivity index (χ2n) is 5.57. The number of carbonyl (C=O) groups is 1. The van der Waals surface area contributed by atoms with Gasteiger partial charge in [-0.05, 0) is 49.6 Å². The molecule has 24 heavy (non-hydrogen) atoms. The Bertz CT molecular complexity index is 712. The second-order valence-corrected chi connectivity index (χ2v) is 6.00. The van der Waals surface area contributed by atoms with Gasteiger partial charge in [-0.25, -0.2) is 5.43 Å². The maximum absolute atomic E-state index is 11.7. The van der Waals surface area contributed by atoms with E-state index in [9.17, 15) is 4.79 Å². The van der Waals surface area contributed by atoms with Crippen molar-refractivity contribution in [2.75, 3.05) is 6.61 Å². The van der Waals surface area contributed by atoms with E-state index in [2.05, 4.69) is 10.5 Å². The van der Waals surface area contributed by atoms with Gasteiger partial charge in [-0.15, -0.1) is 0 Å². The van der Waals surface area contributed by atoms with Gasteiger partial charge in [0, 0.05) is 11.4 Å². The molecule has 1 N–H and O–H groups in total. The Morgan fingerprint density at radius 3 is 2.67 bits per heavy atom. The second kappa shape index (κ2) is 9.08. The zero-order valence-corrected chi connectivity index (χ0v) is 14.6. The Kier molecular flexibility index (Phi) is 6.82. The number of benzene rings is 2. The van der Waals surface area contributed by atoms with Crippen LogP contribution in [0.4, 0.5) is 0 Å². The fourth-order valence-corrected chi connectivity index (χ4v) is 2.30. The third-order valence-corrected chi connectivity index (χ3v) is 3.66. The van der Waals surface area contributed by atoms with Gasteiger partial charge in [0.15, 0.2) is 0 Å². The summed E-state index contributed by atoms with van der Waals surface area (Å²) in [5, 5.41) is 4.64. The molecule has 0 bridgehead atoms. The minimum Gasteiger partial charge on any atom is -0.493 e. The van der Waals surface area contributed by atoms with Crippen LogP contribution in [0, 0.1) is 13.8 Å². The van der Waals surface area contributed by atoms with E-state index >= 15 is 0 Å². The molecular formula is C19H21ClN2O2. The summed E-state index contributed by atoms with van der Waals surface area (Å²) in [7, 11) is 0. The lowest BCUT2D eigenvalue weighted by atomic mass is 10.2. The quantitative estimate of drug-likeness (QED) is 0.463. The van der Waals surface area contributed by atoms with Gasteiger partial charge in [0.25, 0.3) is 0 Å². The molecule has 126 valence electrons. The molecule has 4 nitrogen and oxygen atoms in total. The number of aryl methyl sites for hydroxylation is 2. The maximum Gasteiger partial charge on any atom is 0.240 e. The van der Waals surface area contributed by atoms with Crippen LogP contribution < -0.4 is 10.2 Å². The van der Waals surface area contributed by atoms with Crippen LogP contribution in [0.2, 0.25) is 5.02 Å². The van der Waals surface area contributed by atoms with E-state index < -0.39 is 0 Å². The van der Waals surface area contributed by atoms with E-state index in [1.54, 1.807) is 12.3 Å². The zero-order valence-electron chi connectivity index (χ0n) is 13.9. The van der Waals surface area contributed by atoms with Crippen LogP contribution in [-0.4, -0.2) is 18.7 Å². The summed E-state index contributed by atoms with van der Waals surface area (Å²) in [6.45, 7) is 4.43. The smallest absolute Gasteiger partial charge is 0.240 e. The Morgan fingerprint density at radius 2 is 1.96 bits per heavy atom. The van der Waals surface area contributed by atoms with Crippen molar-refractivity contribution in [3.63, 3.8) is 0 Å². The van der Waals surface area contributed by atoms with E-state index in [4.69, 9.17) is 16.3 Å². The lowest BCUT2D eigenvalue weighted by Gasteiger charge is -2.08. The molecule has 0 saturated heterocycles. The van der Waals surface area contributed by atoms with E-state index in [0.29, 0.717) is 24.5 Å². The van der Waals surface area contributed by atoms with Gasteiger partial charge in [0.1, 0.15) is 5.75 Å². The van der Waals surface area contributed by atoms with Gasteiger partial charge in [-0.1, -0.05) is 41.4 Å². The first-order valence-electron chi connectivity index (χ1n) is 7.82. The predicted octanol–water partition coefficient (Wildman–Crippen LogP) is 4.27. The van der Waals surface area contributed by atoms with Crippen molar-refractivity contribution in [1.82, 2.24) is 5.43 Å². The van der Waals surface area contributed by atoms with Crippen LogP contribution in [0.25, 0.3) is 0 Å². The summed E-state index contributed by atoms with van der Waals surface area (Å²) in [6, 6.07) is 13.4. The first-order valence-corrected chi connectivity index (χ1v) is 8.20. The lowest BCUT2D eigenvalue weighted by Crippen LogP contribution is -2.18. The van der Waals surface area contributed by atoms with Crippen LogP contribution in [-0.2, 0) is 4.79 Å². The van der Waals surface area contributed by atoms with Gasteiger partial charge >= 0.3 is 0 Å². The average molecular weight is 345 g/mol. The molecule has 0 atom stereocenters. The summed E-state index contributed by atoms with van der Waals surface area (Å²) in [5.74, 6) is 0.659. The molecule has 0 aliphatic heterocycles. The fourth-order valence-electron chi connectivity index (χ4n) is 2.08. The Morgan fingerprint density at radius 1 is 1.21 bits per heavy atom. The van der Waals surface area contributed by atoms with E-state index in [1.165, 1.54) is 5.56 Å². The van der Waals surface area contributed by atoms with Crippen molar-refractivity contribution in [3.8, 4) is 5.75 Å². The highest BCUT2D eigenvalue weighted by molar-refractivity contribution is 6.30. The summed E-state index contributed by atoms with van der Waals surface area (Å²) in [6.07, 6.45) is 2.61. The van der Waals surface area contributed by atoms with Gasteiger partial charge < -0.3 is 4.74 Å². The molecule has 0 aliphatic carbocycles. The molecule has 2 rings (SSSR count). The monoisotopic (exact) mass is 344 g/mol. The molecule has 0 heterocycles. The van der Waals surface area contributed by atoms with Crippen LogP contribution >= 0.6 is 11.6 Å². The zero-order chi connectivity index (χ0) is 17.4. The number of hydrogen-bond donors (Lipinski definition) is 1. The maximum atomic E-state index is 11.7. The number of amides is 1. The van der Waals surface area contributed by atoms with Crippen LogP contribution in [0.1, 0.15) is 29.5 Å². The topological polar surface area (TPSA) is 50.7 Å². The number of hydrogen-bond acceptors (Lipinski definition) is 3. The minimum atomic E-state index is -0.130. The van der Waals surface area contributed by atoms with Gasteiger partial charge in [0.05, 0.1) is 12.8 Å². The first kappa shape index (κ1) is 18.0. The summed E-state index contributed by atoms with van der Waals surface area (Å²) in [5.41, 5.74) is 5.64. The molecule has 0 aromatic heterocycles. The molecule has 0 radical (unpaired) electrons. The molecule has 0 aliphatic rings. The molecule has 5 heteroatoms. The predicted molar refractivity (Wildman–Crippen MR) is 97.8 cm³/mol. The van der Waals surface area contributed by atoms with Crippen molar-refractivity contribution in [2.45, 2.75) is 26.7 Å². The number of hydrazone groups is 1. The molecule has 2 aromatic carbocycles. The molecule has 0 unspecified atom stereocenters. The van der Waals surface area contributed by atoms with Crippen molar-refractivity contribution in [1.29, 1.82) is 0 Å². The lowest BCUT2D eigenvalue weighted by molar-refractivity contribution is -0.121. The average Bonchev–Trinajstić information content (AvgIpc) is 2.55. The number of ether oxygens (including phenoxy) is 1. The molecule has 0 fully saturated rings. The highest BCUT2D eigenvalue weighted by Crippen LogP contribution is 2.21. The molecule has 0 spiro atoms. The van der Waals surface area contributed by atoms with Gasteiger partial charge in [-0.2, -0.15) is 5.10 Å². The van der Waals surface area contributed by atoms with Crippen molar-refractivity contribution in [2.24, 2.45) is 5.10 Å². The van der Waals surface area contributed by atoms with E-state index in [0.717, 1.165) is 16.9 Å². The molecule has 0 saturated carbocycles. The third kappa shape index (κ3) is 6.05. The van der Waals surface area contributed by atoms with Crippen LogP contribution in [0.3, 0.4) is 0 Å². The first-order chi connectivity index (χ1) is 11.5. The number of nitrogens with one attached hydrogen (secondary N) is 1. The normalized spacial score (nSPS) is 10.8. The summed E-state index contributed by atoms with van der Waals surface area (Å²) in [4.78, 5) is 11.7. The number of halogens is 1. The Balaban J connectivity index is 1.67. The highest BCUT2D eigenvalue weighted by atomic mass is 35.5. The largest absolute Gasteiger partial charge is 0.493 e. The summed E-state index contributed by atoms with van der Waals surface area (Å²) < 4.78 is 5.65. The van der Waals surface area contributed by atoms with Crippen molar-refractivity contribution < 1.29 is 9.53 Å². The number of carbonyl (C=O) groups excluding carboxylic acids is 1. The fraction of sp³-hybridized carbons (Fsp3) is 0.263. The third-order valence-electron chi connectivity index (χ3n) is 3.42. The van der Waals surface area contributed by atoms with Crippen LogP contribution in [0.5, 0.6) is 5.75 Å². The number of nitrogens with zero attached hydrogens (tertiary/aromatic N) is 1. The summed E-state index contributed by atoms with van der Waals surface area (Å²) >= 11 is 5.90. The van der Waals surface area contributed by atoms with Crippen LogP contribution in [0.15, 0.2) is 47.6 Å².